The smallest absolute Gasteiger partial charge is 0.351 e. The Labute approximate surface area is 172 Å². The maximum absolute atomic E-state index is 13.2. The second-order valence-corrected chi connectivity index (χ2v) is 6.23. The van der Waals surface area contributed by atoms with Gasteiger partial charge in [0.15, 0.2) is 18.1 Å². The van der Waals surface area contributed by atoms with Gasteiger partial charge in [-0.25, -0.2) is 9.18 Å². The van der Waals surface area contributed by atoms with Crippen molar-refractivity contribution >= 4 is 23.5 Å². The fourth-order valence-corrected chi connectivity index (χ4v) is 2.72. The van der Waals surface area contributed by atoms with Crippen LogP contribution in [-0.4, -0.2) is 50.3 Å². The number of hydrogen-bond donors (Lipinski definition) is 0. The highest BCUT2D eigenvalue weighted by Crippen LogP contribution is 2.31. The minimum atomic E-state index is -1.03. The molecule has 2 aromatic carbocycles. The van der Waals surface area contributed by atoms with E-state index in [0.717, 1.165) is 17.0 Å². The van der Waals surface area contributed by atoms with E-state index < -0.39 is 42.9 Å². The predicted octanol–water partition coefficient (Wildman–Crippen LogP) is 2.11. The Kier molecular flexibility index (Phi) is 6.84. The number of carbonyl (C=O) groups excluding carboxylic acids is 3. The van der Waals surface area contributed by atoms with Gasteiger partial charge < -0.3 is 18.9 Å². The lowest BCUT2D eigenvalue weighted by Crippen LogP contribution is -2.42. The van der Waals surface area contributed by atoms with Crippen molar-refractivity contribution in [2.75, 3.05) is 31.3 Å². The Bertz CT molecular complexity index is 916. The molecule has 0 fully saturated rings. The predicted molar refractivity (Wildman–Crippen MR) is 103 cm³/mol. The van der Waals surface area contributed by atoms with Gasteiger partial charge in [-0.1, -0.05) is 12.1 Å². The Morgan fingerprint density at radius 3 is 2.47 bits per heavy atom. The highest BCUT2D eigenvalue weighted by molar-refractivity contribution is 5.99. The molecule has 0 aromatic heterocycles. The largest absolute Gasteiger partial charge is 0.485 e. The van der Waals surface area contributed by atoms with Gasteiger partial charge in [0.1, 0.15) is 19.0 Å². The first-order valence-corrected chi connectivity index (χ1v) is 9.24. The van der Waals surface area contributed by atoms with Crippen molar-refractivity contribution in [1.29, 1.82) is 0 Å². The molecule has 3 rings (SSSR count). The molecule has 9 heteroatoms. The van der Waals surface area contributed by atoms with Gasteiger partial charge in [-0.3, -0.25) is 14.5 Å². The van der Waals surface area contributed by atoms with E-state index >= 15 is 0 Å². The van der Waals surface area contributed by atoms with Crippen molar-refractivity contribution in [3.8, 4) is 11.5 Å². The van der Waals surface area contributed by atoms with Crippen LogP contribution in [0.15, 0.2) is 48.5 Å². The highest BCUT2D eigenvalue weighted by Gasteiger charge is 2.30. The zero-order chi connectivity index (χ0) is 21.5. The Hall–Kier alpha value is -3.62. The molecule has 8 nitrogen and oxygen atoms in total. The van der Waals surface area contributed by atoms with E-state index in [4.69, 9.17) is 18.9 Å². The molecule has 0 saturated heterocycles. The molecule has 0 aliphatic carbocycles. The van der Waals surface area contributed by atoms with E-state index in [1.807, 2.05) is 0 Å². The van der Waals surface area contributed by atoms with E-state index in [0.29, 0.717) is 11.5 Å². The fraction of sp³-hybridized carbons (Fsp3) is 0.286. The van der Waals surface area contributed by atoms with Crippen LogP contribution in [0, 0.1) is 5.82 Å². The minimum absolute atomic E-state index is 0.0610. The monoisotopic (exact) mass is 417 g/mol. The number of esters is 2. The maximum Gasteiger partial charge on any atom is 0.351 e. The van der Waals surface area contributed by atoms with Crippen molar-refractivity contribution in [1.82, 2.24) is 0 Å². The minimum Gasteiger partial charge on any atom is -0.485 e. The summed E-state index contributed by atoms with van der Waals surface area (Å²) < 4.78 is 34.1. The molecular weight excluding hydrogens is 397 g/mol. The number of para-hydroxylation sites is 2. The number of halogens is 1. The number of rotatable bonds is 7. The maximum atomic E-state index is 13.2. The summed E-state index contributed by atoms with van der Waals surface area (Å²) in [6.07, 6.45) is -1.03. The summed E-state index contributed by atoms with van der Waals surface area (Å²) >= 11 is 0. The molecule has 0 saturated carbocycles. The Morgan fingerprint density at radius 2 is 1.77 bits per heavy atom. The fourth-order valence-electron chi connectivity index (χ4n) is 2.72. The van der Waals surface area contributed by atoms with Crippen LogP contribution in [0.25, 0.3) is 0 Å². The standard InChI is InChI=1S/C21H20FNO7/c1-2-27-20(25)11-23(15-9-7-14(22)8-10-15)19(24)13-29-21(26)18-12-28-16-5-3-4-6-17(16)30-18/h3-10,18H,2,11-13H2,1H3/t18-/m0/s1. The SMILES string of the molecule is CCOC(=O)CN(C(=O)COC(=O)[C@@H]1COc2ccccc2O1)c1ccc(F)cc1. The Morgan fingerprint density at radius 1 is 1.07 bits per heavy atom. The van der Waals surface area contributed by atoms with Crippen LogP contribution in [0.2, 0.25) is 0 Å². The first kappa shape index (κ1) is 21.1. The number of benzene rings is 2. The van der Waals surface area contributed by atoms with Crippen LogP contribution >= 0.6 is 0 Å². The molecule has 1 aliphatic heterocycles. The molecule has 30 heavy (non-hydrogen) atoms. The number of carbonyl (C=O) groups is 3. The topological polar surface area (TPSA) is 91.4 Å². The molecule has 2 aromatic rings. The molecule has 0 spiro atoms. The van der Waals surface area contributed by atoms with E-state index in [2.05, 4.69) is 0 Å². The number of amides is 1. The number of anilines is 1. The normalized spacial score (nSPS) is 14.5. The highest BCUT2D eigenvalue weighted by atomic mass is 19.1. The van der Waals surface area contributed by atoms with Crippen molar-refractivity contribution in [2.45, 2.75) is 13.0 Å². The van der Waals surface area contributed by atoms with Gasteiger partial charge in [0.05, 0.1) is 6.61 Å². The second kappa shape index (κ2) is 9.73. The average molecular weight is 417 g/mol. The quantitative estimate of drug-likeness (QED) is 0.637. The lowest BCUT2D eigenvalue weighted by atomic mass is 10.2. The summed E-state index contributed by atoms with van der Waals surface area (Å²) in [4.78, 5) is 37.9. The second-order valence-electron chi connectivity index (χ2n) is 6.23. The lowest BCUT2D eigenvalue weighted by molar-refractivity contribution is -0.157. The van der Waals surface area contributed by atoms with Crippen LogP contribution in [0.5, 0.6) is 11.5 Å². The van der Waals surface area contributed by atoms with Gasteiger partial charge in [-0.05, 0) is 43.3 Å². The molecule has 0 radical (unpaired) electrons. The van der Waals surface area contributed by atoms with E-state index in [9.17, 15) is 18.8 Å². The molecule has 0 N–H and O–H groups in total. The molecule has 1 amide bonds. The first-order chi connectivity index (χ1) is 14.5. The number of fused-ring (bicyclic) bond motifs is 1. The van der Waals surface area contributed by atoms with Crippen molar-refractivity contribution < 1.29 is 37.7 Å². The van der Waals surface area contributed by atoms with Crippen LogP contribution in [0.3, 0.4) is 0 Å². The molecule has 1 atom stereocenters. The average Bonchev–Trinajstić information content (AvgIpc) is 2.76. The van der Waals surface area contributed by atoms with E-state index in [1.54, 1.807) is 31.2 Å². The zero-order valence-corrected chi connectivity index (χ0v) is 16.2. The first-order valence-electron chi connectivity index (χ1n) is 9.24. The zero-order valence-electron chi connectivity index (χ0n) is 16.2. The van der Waals surface area contributed by atoms with E-state index in [1.165, 1.54) is 12.1 Å². The number of nitrogens with zero attached hydrogens (tertiary/aromatic N) is 1. The van der Waals surface area contributed by atoms with Gasteiger partial charge >= 0.3 is 11.9 Å². The summed E-state index contributed by atoms with van der Waals surface area (Å²) in [6, 6.07) is 11.8. The third-order valence-corrected chi connectivity index (χ3v) is 4.14. The summed E-state index contributed by atoms with van der Waals surface area (Å²) in [5, 5.41) is 0. The van der Waals surface area contributed by atoms with Crippen molar-refractivity contribution in [3.63, 3.8) is 0 Å². The Balaban J connectivity index is 1.63. The van der Waals surface area contributed by atoms with Crippen LogP contribution in [-0.2, 0) is 23.9 Å². The van der Waals surface area contributed by atoms with Gasteiger partial charge in [-0.2, -0.15) is 0 Å². The molecule has 158 valence electrons. The van der Waals surface area contributed by atoms with Crippen LogP contribution < -0.4 is 14.4 Å². The summed E-state index contributed by atoms with van der Waals surface area (Å²) in [6.45, 7) is 0.659. The van der Waals surface area contributed by atoms with Crippen molar-refractivity contribution in [3.05, 3.63) is 54.3 Å². The summed E-state index contributed by atoms with van der Waals surface area (Å²) in [5.41, 5.74) is 0.261. The molecular formula is C21H20FNO7. The van der Waals surface area contributed by atoms with Crippen molar-refractivity contribution in [2.24, 2.45) is 0 Å². The van der Waals surface area contributed by atoms with Gasteiger partial charge in [0.2, 0.25) is 6.10 Å². The van der Waals surface area contributed by atoms with Crippen LogP contribution in [0.4, 0.5) is 10.1 Å². The molecule has 0 unspecified atom stereocenters. The summed E-state index contributed by atoms with van der Waals surface area (Å²) in [5.74, 6) is -1.71. The molecule has 1 aliphatic rings. The molecule has 1 heterocycles. The third-order valence-electron chi connectivity index (χ3n) is 4.14. The third kappa shape index (κ3) is 5.25. The van der Waals surface area contributed by atoms with Gasteiger partial charge in [0, 0.05) is 5.69 Å². The molecule has 0 bridgehead atoms. The lowest BCUT2D eigenvalue weighted by Gasteiger charge is -2.25. The van der Waals surface area contributed by atoms with Gasteiger partial charge in [0.25, 0.3) is 5.91 Å². The van der Waals surface area contributed by atoms with Gasteiger partial charge in [-0.15, -0.1) is 0 Å². The number of hydrogen-bond acceptors (Lipinski definition) is 7. The van der Waals surface area contributed by atoms with Crippen LogP contribution in [0.1, 0.15) is 6.92 Å². The number of ether oxygens (including phenoxy) is 4. The van der Waals surface area contributed by atoms with E-state index in [-0.39, 0.29) is 18.9 Å². The summed E-state index contributed by atoms with van der Waals surface area (Å²) in [7, 11) is 0.